The Bertz CT molecular complexity index is 1110. The third-order valence-corrected chi connectivity index (χ3v) is 7.68. The third-order valence-electron chi connectivity index (χ3n) is 7.43. The lowest BCUT2D eigenvalue weighted by Gasteiger charge is -2.46. The van der Waals surface area contributed by atoms with E-state index in [0.29, 0.717) is 39.8 Å². The van der Waals surface area contributed by atoms with Crippen LogP contribution in [0.25, 0.3) is 0 Å². The van der Waals surface area contributed by atoms with Crippen LogP contribution in [0.4, 0.5) is 5.69 Å². The number of rotatable bonds is 4. The first-order chi connectivity index (χ1) is 15.6. The van der Waals surface area contributed by atoms with Crippen LogP contribution in [0.2, 0.25) is 5.02 Å². The van der Waals surface area contributed by atoms with E-state index < -0.39 is 5.97 Å². The summed E-state index contributed by atoms with van der Waals surface area (Å²) in [6.45, 7) is 1.89. The molecule has 0 saturated carbocycles. The standard InChI is InChI=1S/C27H24ClNO3/c28-20-9-7-16(8-10-20)25(30)15-32-27(31)19-11-23-21-5-1-3-17(21)13-29-14-18-4-2-6-22(18)24(12-19)26(23)29/h1-2,5-12,17-18,21-22H,3-4,13-15H2/t17-,18-,21-,22-/m1/s1. The van der Waals surface area contributed by atoms with Crippen molar-refractivity contribution in [2.45, 2.75) is 24.7 Å². The highest BCUT2D eigenvalue weighted by molar-refractivity contribution is 6.30. The quantitative estimate of drug-likeness (QED) is 0.352. The van der Waals surface area contributed by atoms with E-state index in [2.05, 4.69) is 29.2 Å². The van der Waals surface area contributed by atoms with Crippen LogP contribution in [0.15, 0.2) is 60.7 Å². The molecule has 0 saturated heterocycles. The highest BCUT2D eigenvalue weighted by Crippen LogP contribution is 2.53. The Hall–Kier alpha value is -2.85. The van der Waals surface area contributed by atoms with Crippen molar-refractivity contribution < 1.29 is 14.3 Å². The van der Waals surface area contributed by atoms with Gasteiger partial charge in [0.15, 0.2) is 12.4 Å². The number of hydrogen-bond donors (Lipinski definition) is 0. The molecule has 6 rings (SSSR count). The lowest BCUT2D eigenvalue weighted by Crippen LogP contribution is -2.43. The molecule has 0 aromatic heterocycles. The number of anilines is 1. The van der Waals surface area contributed by atoms with Gasteiger partial charge in [0, 0.05) is 41.2 Å². The first kappa shape index (κ1) is 19.8. The Morgan fingerprint density at radius 3 is 2.09 bits per heavy atom. The Labute approximate surface area is 192 Å². The Morgan fingerprint density at radius 2 is 1.50 bits per heavy atom. The summed E-state index contributed by atoms with van der Waals surface area (Å²) in [7, 11) is 0. The van der Waals surface area contributed by atoms with Crippen LogP contribution in [0.3, 0.4) is 0 Å². The number of benzene rings is 2. The van der Waals surface area contributed by atoms with Gasteiger partial charge in [0.05, 0.1) is 5.56 Å². The summed E-state index contributed by atoms with van der Waals surface area (Å²) in [5.41, 5.74) is 4.82. The van der Waals surface area contributed by atoms with Crippen LogP contribution in [0.1, 0.15) is 56.5 Å². The summed E-state index contributed by atoms with van der Waals surface area (Å²) in [4.78, 5) is 28.0. The van der Waals surface area contributed by atoms with Crippen molar-refractivity contribution >= 4 is 29.0 Å². The highest BCUT2D eigenvalue weighted by Gasteiger charge is 2.42. The fourth-order valence-corrected chi connectivity index (χ4v) is 6.05. The summed E-state index contributed by atoms with van der Waals surface area (Å²) in [6.07, 6.45) is 11.3. The number of fused-ring (bicyclic) bond motifs is 4. The lowest BCUT2D eigenvalue weighted by molar-refractivity contribution is 0.0474. The van der Waals surface area contributed by atoms with Crippen molar-refractivity contribution in [3.63, 3.8) is 0 Å². The first-order valence-electron chi connectivity index (χ1n) is 11.3. The Kier molecular flexibility index (Phi) is 4.72. The van der Waals surface area contributed by atoms with Gasteiger partial charge in [-0.1, -0.05) is 35.9 Å². The average molecular weight is 446 g/mol. The summed E-state index contributed by atoms with van der Waals surface area (Å²) in [5.74, 6) is 1.16. The van der Waals surface area contributed by atoms with Crippen LogP contribution >= 0.6 is 11.6 Å². The largest absolute Gasteiger partial charge is 0.454 e. The molecule has 2 aliphatic carbocycles. The van der Waals surface area contributed by atoms with Crippen molar-refractivity contribution in [1.82, 2.24) is 0 Å². The second-order valence-electron chi connectivity index (χ2n) is 9.31. The fraction of sp³-hybridized carbons (Fsp3) is 0.333. The lowest BCUT2D eigenvalue weighted by atomic mass is 9.74. The zero-order chi connectivity index (χ0) is 21.8. The molecule has 0 radical (unpaired) electrons. The summed E-state index contributed by atoms with van der Waals surface area (Å²) >= 11 is 5.89. The number of Topliss-reactive ketones (excluding diaryl/α,β-unsaturated/α-hetero) is 1. The molecule has 0 unspecified atom stereocenters. The van der Waals surface area contributed by atoms with E-state index in [1.807, 2.05) is 12.1 Å². The minimum absolute atomic E-state index is 0.238. The molecule has 0 N–H and O–H groups in total. The van der Waals surface area contributed by atoms with Gasteiger partial charge in [-0.05, 0) is 72.2 Å². The van der Waals surface area contributed by atoms with Crippen LogP contribution in [0, 0.1) is 11.8 Å². The number of carbonyl (C=O) groups excluding carboxylic acids is 2. The number of allylic oxidation sites excluding steroid dienone is 4. The molecule has 2 aliphatic heterocycles. The van der Waals surface area contributed by atoms with E-state index >= 15 is 0 Å². The monoisotopic (exact) mass is 445 g/mol. The van der Waals surface area contributed by atoms with Crippen molar-refractivity contribution in [2.24, 2.45) is 11.8 Å². The van der Waals surface area contributed by atoms with Crippen molar-refractivity contribution in [3.05, 3.63) is 88.0 Å². The maximum Gasteiger partial charge on any atom is 0.338 e. The third kappa shape index (κ3) is 3.20. The summed E-state index contributed by atoms with van der Waals surface area (Å²) in [5, 5.41) is 0.564. The molecule has 4 atom stereocenters. The van der Waals surface area contributed by atoms with Gasteiger partial charge in [-0.2, -0.15) is 0 Å². The van der Waals surface area contributed by atoms with Gasteiger partial charge in [0.25, 0.3) is 0 Å². The molecule has 32 heavy (non-hydrogen) atoms. The molecule has 0 bridgehead atoms. The van der Waals surface area contributed by atoms with Gasteiger partial charge < -0.3 is 9.64 Å². The number of carbonyl (C=O) groups is 2. The van der Waals surface area contributed by atoms with Crippen molar-refractivity contribution in [1.29, 1.82) is 0 Å². The van der Waals surface area contributed by atoms with E-state index in [0.717, 1.165) is 25.9 Å². The Morgan fingerprint density at radius 1 is 0.906 bits per heavy atom. The summed E-state index contributed by atoms with van der Waals surface area (Å²) < 4.78 is 5.46. The zero-order valence-corrected chi connectivity index (χ0v) is 18.4. The van der Waals surface area contributed by atoms with Gasteiger partial charge in [-0.25, -0.2) is 4.79 Å². The molecule has 2 heterocycles. The molecule has 0 spiro atoms. The molecule has 5 heteroatoms. The minimum atomic E-state index is -0.439. The van der Waals surface area contributed by atoms with Crippen LogP contribution in [-0.4, -0.2) is 31.4 Å². The fourth-order valence-electron chi connectivity index (χ4n) is 5.93. The van der Waals surface area contributed by atoms with E-state index in [1.54, 1.807) is 24.3 Å². The van der Waals surface area contributed by atoms with Gasteiger partial charge in [0.1, 0.15) is 0 Å². The molecular weight excluding hydrogens is 422 g/mol. The number of hydrogen-bond acceptors (Lipinski definition) is 4. The number of ketones is 1. The van der Waals surface area contributed by atoms with Crippen LogP contribution in [0.5, 0.6) is 0 Å². The molecule has 0 fully saturated rings. The van der Waals surface area contributed by atoms with E-state index in [4.69, 9.17) is 16.3 Å². The second-order valence-corrected chi connectivity index (χ2v) is 9.75. The number of halogens is 1. The first-order valence-corrected chi connectivity index (χ1v) is 11.7. The predicted octanol–water partition coefficient (Wildman–Crippen LogP) is 5.53. The van der Waals surface area contributed by atoms with Crippen LogP contribution < -0.4 is 4.90 Å². The maximum atomic E-state index is 13.0. The normalized spacial score (nSPS) is 26.5. The van der Waals surface area contributed by atoms with E-state index in [9.17, 15) is 9.59 Å². The van der Waals surface area contributed by atoms with Gasteiger partial charge in [0.2, 0.25) is 0 Å². The molecule has 2 aromatic rings. The molecule has 2 aromatic carbocycles. The van der Waals surface area contributed by atoms with Crippen molar-refractivity contribution in [2.75, 3.05) is 24.6 Å². The Balaban J connectivity index is 1.31. The molecular formula is C27H24ClNO3. The van der Waals surface area contributed by atoms with Gasteiger partial charge in [-0.3, -0.25) is 4.79 Å². The summed E-state index contributed by atoms with van der Waals surface area (Å²) in [6, 6.07) is 10.6. The second kappa shape index (κ2) is 7.63. The number of ether oxygens (including phenoxy) is 1. The molecule has 0 amide bonds. The van der Waals surface area contributed by atoms with Gasteiger partial charge in [-0.15, -0.1) is 0 Å². The average Bonchev–Trinajstić information content (AvgIpc) is 3.47. The smallest absolute Gasteiger partial charge is 0.338 e. The number of nitrogens with zero attached hydrogens (tertiary/aromatic N) is 1. The van der Waals surface area contributed by atoms with E-state index in [1.165, 1.54) is 16.8 Å². The SMILES string of the molecule is O=C(COC(=O)c1cc2c3c(c1)[C@@H]1C=CC[C@@H]1CN3C[C@H]1CC=C[C@@H]21)c1ccc(Cl)cc1. The molecule has 162 valence electrons. The van der Waals surface area contributed by atoms with E-state index in [-0.39, 0.29) is 12.4 Å². The topological polar surface area (TPSA) is 46.6 Å². The van der Waals surface area contributed by atoms with Crippen LogP contribution in [-0.2, 0) is 4.74 Å². The predicted molar refractivity (Wildman–Crippen MR) is 125 cm³/mol. The molecule has 4 aliphatic rings. The molecule has 4 nitrogen and oxygen atoms in total. The minimum Gasteiger partial charge on any atom is -0.454 e. The van der Waals surface area contributed by atoms with Gasteiger partial charge >= 0.3 is 5.97 Å². The highest BCUT2D eigenvalue weighted by atomic mass is 35.5. The maximum absolute atomic E-state index is 13.0. The zero-order valence-electron chi connectivity index (χ0n) is 17.7. The van der Waals surface area contributed by atoms with Crippen molar-refractivity contribution in [3.8, 4) is 0 Å². The number of esters is 1.